The molecule has 3 N–H and O–H groups in total. The lowest BCUT2D eigenvalue weighted by atomic mass is 10.0. The van der Waals surface area contributed by atoms with Gasteiger partial charge >= 0.3 is 6.09 Å². The average Bonchev–Trinajstić information content (AvgIpc) is 3.36. The van der Waals surface area contributed by atoms with Crippen molar-refractivity contribution in [3.63, 3.8) is 0 Å². The number of aromatic nitrogens is 2. The molecule has 8 nitrogen and oxygen atoms in total. The molecule has 2 amide bonds. The van der Waals surface area contributed by atoms with E-state index in [0.29, 0.717) is 30.1 Å². The van der Waals surface area contributed by atoms with Crippen LogP contribution in [0, 0.1) is 5.82 Å². The highest BCUT2D eigenvalue weighted by Crippen LogP contribution is 2.33. The standard InChI is InChI=1S/C24H26FN5O3S2/c1-24(2,3)33-23(32)27-11-10-26-22-30-21-19(35-22)12-18(34-21)20(31)29-16-7-4-14(5-8-16)17-9-6-15(25)13-28-17/h4-7,9,12-13,16H,8,10-11H2,1-3H3,(H,26,30)(H,27,32)(H,29,31). The molecule has 1 aliphatic carbocycles. The van der Waals surface area contributed by atoms with E-state index in [4.69, 9.17) is 4.74 Å². The van der Waals surface area contributed by atoms with Gasteiger partial charge in [0.05, 0.1) is 27.5 Å². The molecule has 0 fully saturated rings. The number of anilines is 1. The van der Waals surface area contributed by atoms with E-state index in [9.17, 15) is 14.0 Å². The lowest BCUT2D eigenvalue weighted by Crippen LogP contribution is -2.34. The normalized spacial score (nSPS) is 15.5. The molecule has 3 aromatic rings. The Balaban J connectivity index is 1.25. The number of allylic oxidation sites excluding steroid dienone is 2. The smallest absolute Gasteiger partial charge is 0.407 e. The molecule has 1 aliphatic rings. The number of carbonyl (C=O) groups is 2. The van der Waals surface area contributed by atoms with Crippen LogP contribution in [0.2, 0.25) is 0 Å². The number of rotatable bonds is 7. The highest BCUT2D eigenvalue weighted by molar-refractivity contribution is 7.29. The van der Waals surface area contributed by atoms with Crippen LogP contribution in [0.4, 0.5) is 14.3 Å². The van der Waals surface area contributed by atoms with Gasteiger partial charge in [0.2, 0.25) is 0 Å². The number of nitrogens with one attached hydrogen (secondary N) is 3. The molecule has 0 spiro atoms. The van der Waals surface area contributed by atoms with Gasteiger partial charge in [-0.3, -0.25) is 9.78 Å². The van der Waals surface area contributed by atoms with Crippen LogP contribution in [0.15, 0.2) is 42.6 Å². The molecule has 0 aliphatic heterocycles. The highest BCUT2D eigenvalue weighted by atomic mass is 32.1. The van der Waals surface area contributed by atoms with Gasteiger partial charge in [-0.05, 0) is 51.0 Å². The Kier molecular flexibility index (Phi) is 7.46. The van der Waals surface area contributed by atoms with Gasteiger partial charge in [-0.2, -0.15) is 0 Å². The minimum absolute atomic E-state index is 0.130. The molecule has 35 heavy (non-hydrogen) atoms. The zero-order valence-corrected chi connectivity index (χ0v) is 21.2. The maximum Gasteiger partial charge on any atom is 0.407 e. The molecule has 1 unspecified atom stereocenters. The highest BCUT2D eigenvalue weighted by Gasteiger charge is 2.18. The van der Waals surface area contributed by atoms with E-state index in [1.54, 1.807) is 6.07 Å². The molecule has 0 saturated carbocycles. The van der Waals surface area contributed by atoms with Crippen molar-refractivity contribution in [2.45, 2.75) is 38.8 Å². The van der Waals surface area contributed by atoms with Crippen LogP contribution in [0.25, 0.3) is 15.1 Å². The molecule has 0 aromatic carbocycles. The summed E-state index contributed by atoms with van der Waals surface area (Å²) in [7, 11) is 0. The lowest BCUT2D eigenvalue weighted by molar-refractivity contribution is 0.0530. The predicted octanol–water partition coefficient (Wildman–Crippen LogP) is 4.97. The van der Waals surface area contributed by atoms with Gasteiger partial charge in [-0.25, -0.2) is 14.2 Å². The SMILES string of the molecule is CC(C)(C)OC(=O)NCCNc1nc2sc(C(=O)NC3C=CC(c4ccc(F)cn4)=CC3)cc2s1. The van der Waals surface area contributed by atoms with Crippen LogP contribution in [0.3, 0.4) is 0 Å². The van der Waals surface area contributed by atoms with E-state index < -0.39 is 11.7 Å². The summed E-state index contributed by atoms with van der Waals surface area (Å²) in [5.41, 5.74) is 1.06. The Morgan fingerprint density at radius 3 is 2.71 bits per heavy atom. The third kappa shape index (κ3) is 6.86. The molecule has 184 valence electrons. The van der Waals surface area contributed by atoms with E-state index in [1.165, 1.54) is 34.9 Å². The van der Waals surface area contributed by atoms with Crippen LogP contribution in [0.5, 0.6) is 0 Å². The summed E-state index contributed by atoms with van der Waals surface area (Å²) in [5.74, 6) is -0.523. The number of ether oxygens (including phenoxy) is 1. The van der Waals surface area contributed by atoms with Crippen molar-refractivity contribution in [3.05, 3.63) is 59.0 Å². The second-order valence-corrected chi connectivity index (χ2v) is 10.9. The number of pyridine rings is 1. The number of thiophene rings is 1. The minimum Gasteiger partial charge on any atom is -0.444 e. The number of nitrogens with zero attached hydrogens (tertiary/aromatic N) is 2. The van der Waals surface area contributed by atoms with Crippen LogP contribution >= 0.6 is 22.7 Å². The Labute approximate surface area is 210 Å². The monoisotopic (exact) mass is 515 g/mol. The number of amides is 2. The molecule has 3 heterocycles. The molecule has 0 bridgehead atoms. The number of hydrogen-bond donors (Lipinski definition) is 3. The van der Waals surface area contributed by atoms with Crippen LogP contribution in [0.1, 0.15) is 42.6 Å². The predicted molar refractivity (Wildman–Crippen MR) is 137 cm³/mol. The zero-order valence-electron chi connectivity index (χ0n) is 19.6. The Morgan fingerprint density at radius 1 is 1.23 bits per heavy atom. The minimum atomic E-state index is -0.532. The van der Waals surface area contributed by atoms with Gasteiger partial charge in [-0.1, -0.05) is 29.6 Å². The number of alkyl carbamates (subject to hydrolysis) is 1. The van der Waals surface area contributed by atoms with E-state index in [0.717, 1.165) is 20.2 Å². The summed E-state index contributed by atoms with van der Waals surface area (Å²) in [6.07, 6.45) is 7.14. The second kappa shape index (κ2) is 10.5. The summed E-state index contributed by atoms with van der Waals surface area (Å²) >= 11 is 2.79. The first-order chi connectivity index (χ1) is 16.7. The molecule has 0 radical (unpaired) electrons. The van der Waals surface area contributed by atoms with Crippen molar-refractivity contribution >= 4 is 54.9 Å². The molecule has 0 saturated heterocycles. The van der Waals surface area contributed by atoms with Crippen molar-refractivity contribution < 1.29 is 18.7 Å². The number of fused-ring (bicyclic) bond motifs is 1. The van der Waals surface area contributed by atoms with Crippen LogP contribution in [-0.2, 0) is 4.74 Å². The molecule has 3 aromatic heterocycles. The van der Waals surface area contributed by atoms with Gasteiger partial charge in [-0.15, -0.1) is 11.3 Å². The van der Waals surface area contributed by atoms with Gasteiger partial charge in [0.25, 0.3) is 5.91 Å². The summed E-state index contributed by atoms with van der Waals surface area (Å²) in [6, 6.07) is 4.72. The Hall–Kier alpha value is -3.31. The second-order valence-electron chi connectivity index (χ2n) is 8.85. The largest absolute Gasteiger partial charge is 0.444 e. The molecule has 11 heteroatoms. The molecule has 4 rings (SSSR count). The van der Waals surface area contributed by atoms with Gasteiger partial charge in [0, 0.05) is 13.1 Å². The fraction of sp³-hybridized carbons (Fsp3) is 0.333. The summed E-state index contributed by atoms with van der Waals surface area (Å²) in [5, 5.41) is 9.61. The van der Waals surface area contributed by atoms with E-state index in [-0.39, 0.29) is 17.8 Å². The number of carbonyl (C=O) groups excluding carboxylic acids is 2. The first kappa shape index (κ1) is 24.8. The maximum atomic E-state index is 13.1. The van der Waals surface area contributed by atoms with Crippen molar-refractivity contribution in [3.8, 4) is 0 Å². The number of thiazole rings is 1. The Bertz CT molecular complexity index is 1240. The third-order valence-corrected chi connectivity index (χ3v) is 6.94. The number of halogens is 1. The van der Waals surface area contributed by atoms with Crippen molar-refractivity contribution in [2.75, 3.05) is 18.4 Å². The van der Waals surface area contributed by atoms with Crippen molar-refractivity contribution in [1.29, 1.82) is 0 Å². The van der Waals surface area contributed by atoms with E-state index >= 15 is 0 Å². The quantitative estimate of drug-likeness (QED) is 0.384. The van der Waals surface area contributed by atoms with E-state index in [2.05, 4.69) is 25.9 Å². The third-order valence-electron chi connectivity index (χ3n) is 4.82. The molecule has 1 atom stereocenters. The first-order valence-electron chi connectivity index (χ1n) is 11.1. The fourth-order valence-corrected chi connectivity index (χ4v) is 5.32. The van der Waals surface area contributed by atoms with Gasteiger partial charge in [0.15, 0.2) is 5.13 Å². The molecular weight excluding hydrogens is 489 g/mol. The van der Waals surface area contributed by atoms with Crippen molar-refractivity contribution in [2.24, 2.45) is 0 Å². The lowest BCUT2D eigenvalue weighted by Gasteiger charge is -2.19. The summed E-state index contributed by atoms with van der Waals surface area (Å²) in [4.78, 5) is 34.4. The van der Waals surface area contributed by atoms with E-state index in [1.807, 2.05) is 45.1 Å². The van der Waals surface area contributed by atoms with Gasteiger partial charge in [0.1, 0.15) is 16.2 Å². The fourth-order valence-electron chi connectivity index (χ4n) is 3.27. The number of hydrogen-bond acceptors (Lipinski definition) is 8. The topological polar surface area (TPSA) is 105 Å². The summed E-state index contributed by atoms with van der Waals surface area (Å²) < 4.78 is 19.2. The zero-order chi connectivity index (χ0) is 25.0. The van der Waals surface area contributed by atoms with Crippen molar-refractivity contribution in [1.82, 2.24) is 20.6 Å². The molecular formula is C24H26FN5O3S2. The van der Waals surface area contributed by atoms with Crippen LogP contribution < -0.4 is 16.0 Å². The summed E-state index contributed by atoms with van der Waals surface area (Å²) in [6.45, 7) is 6.35. The Morgan fingerprint density at radius 2 is 2.06 bits per heavy atom. The maximum absolute atomic E-state index is 13.1. The van der Waals surface area contributed by atoms with Crippen LogP contribution in [-0.4, -0.2) is 46.7 Å². The average molecular weight is 516 g/mol. The first-order valence-corrected chi connectivity index (χ1v) is 12.7. The van der Waals surface area contributed by atoms with Gasteiger partial charge < -0.3 is 20.7 Å².